The molecule has 1 fully saturated rings. The summed E-state index contributed by atoms with van der Waals surface area (Å²) in [6.45, 7) is 7.77. The maximum atomic E-state index is 11.5. The first-order valence-electron chi connectivity index (χ1n) is 6.94. The smallest absolute Gasteiger partial charge is 0.308 e. The van der Waals surface area contributed by atoms with Crippen LogP contribution >= 0.6 is 0 Å². The van der Waals surface area contributed by atoms with E-state index < -0.39 is 5.97 Å². The lowest BCUT2D eigenvalue weighted by molar-refractivity contribution is -0.141. The molecule has 1 aliphatic rings. The highest BCUT2D eigenvalue weighted by molar-refractivity contribution is 5.72. The average molecular weight is 277 g/mol. The fourth-order valence-electron chi connectivity index (χ4n) is 2.79. The molecule has 4 nitrogen and oxygen atoms in total. The van der Waals surface area contributed by atoms with Gasteiger partial charge in [-0.3, -0.25) is 9.69 Å². The molecule has 0 aliphatic carbocycles. The molecule has 1 N–H and O–H groups in total. The predicted octanol–water partition coefficient (Wildman–Crippen LogP) is 2.59. The zero-order valence-electron chi connectivity index (χ0n) is 12.6. The molecule has 1 aliphatic heterocycles. The molecule has 1 aromatic carbocycles. The molecule has 0 unspecified atom stereocenters. The summed E-state index contributed by atoms with van der Waals surface area (Å²) in [5.74, 6) is -0.218. The minimum Gasteiger partial charge on any atom is -0.497 e. The maximum Gasteiger partial charge on any atom is 0.308 e. The Balaban J connectivity index is 2.25. The summed E-state index contributed by atoms with van der Waals surface area (Å²) < 4.78 is 5.15. The highest BCUT2D eigenvalue weighted by Crippen LogP contribution is 2.36. The van der Waals surface area contributed by atoms with Gasteiger partial charge in [-0.05, 0) is 38.5 Å². The number of nitrogens with zero attached hydrogens (tertiary/aromatic N) is 1. The standard InChI is InChI=1S/C16H23NO3/c1-16(2,3)17-9-13(14(10-17)15(18)19)11-5-7-12(20-4)8-6-11/h5-8,13-14H,9-10H2,1-4H3,(H,18,19)/t13-,14+/m0/s1. The van der Waals surface area contributed by atoms with Crippen LogP contribution in [-0.4, -0.2) is 41.7 Å². The van der Waals surface area contributed by atoms with Gasteiger partial charge in [-0.1, -0.05) is 12.1 Å². The molecule has 20 heavy (non-hydrogen) atoms. The summed E-state index contributed by atoms with van der Waals surface area (Å²) in [6.07, 6.45) is 0. The second-order valence-corrected chi connectivity index (χ2v) is 6.40. The van der Waals surface area contributed by atoms with E-state index in [-0.39, 0.29) is 17.4 Å². The molecule has 0 saturated carbocycles. The summed E-state index contributed by atoms with van der Waals surface area (Å²) in [5, 5.41) is 9.48. The van der Waals surface area contributed by atoms with Gasteiger partial charge < -0.3 is 9.84 Å². The van der Waals surface area contributed by atoms with Crippen molar-refractivity contribution < 1.29 is 14.6 Å². The molecule has 4 heteroatoms. The van der Waals surface area contributed by atoms with Crippen LogP contribution in [0.2, 0.25) is 0 Å². The highest BCUT2D eigenvalue weighted by atomic mass is 16.5. The quantitative estimate of drug-likeness (QED) is 0.922. The Morgan fingerprint density at radius 3 is 2.30 bits per heavy atom. The van der Waals surface area contributed by atoms with Crippen molar-refractivity contribution in [3.8, 4) is 5.75 Å². The van der Waals surface area contributed by atoms with Gasteiger partial charge in [0.15, 0.2) is 0 Å². The Morgan fingerprint density at radius 2 is 1.85 bits per heavy atom. The van der Waals surface area contributed by atoms with Crippen molar-refractivity contribution in [1.29, 1.82) is 0 Å². The minimum atomic E-state index is -0.711. The van der Waals surface area contributed by atoms with Gasteiger partial charge in [-0.15, -0.1) is 0 Å². The third kappa shape index (κ3) is 2.96. The largest absolute Gasteiger partial charge is 0.497 e. The molecule has 0 bridgehead atoms. The molecular weight excluding hydrogens is 254 g/mol. The molecule has 1 aromatic rings. The molecule has 2 atom stereocenters. The average Bonchev–Trinajstić information content (AvgIpc) is 2.84. The van der Waals surface area contributed by atoms with Crippen LogP contribution in [-0.2, 0) is 4.79 Å². The van der Waals surface area contributed by atoms with E-state index in [2.05, 4.69) is 25.7 Å². The molecule has 0 spiro atoms. The van der Waals surface area contributed by atoms with E-state index in [1.807, 2.05) is 24.3 Å². The zero-order valence-corrected chi connectivity index (χ0v) is 12.6. The minimum absolute atomic E-state index is 0.00504. The number of hydrogen-bond donors (Lipinski definition) is 1. The first-order chi connectivity index (χ1) is 9.32. The molecule has 0 aromatic heterocycles. The lowest BCUT2D eigenvalue weighted by atomic mass is 9.89. The van der Waals surface area contributed by atoms with Crippen molar-refractivity contribution in [3.05, 3.63) is 29.8 Å². The van der Waals surface area contributed by atoms with Crippen LogP contribution in [0.5, 0.6) is 5.75 Å². The summed E-state index contributed by atoms with van der Waals surface area (Å²) in [7, 11) is 1.63. The van der Waals surface area contributed by atoms with Crippen molar-refractivity contribution in [2.75, 3.05) is 20.2 Å². The van der Waals surface area contributed by atoms with Crippen LogP contribution in [0.25, 0.3) is 0 Å². The molecule has 1 heterocycles. The highest BCUT2D eigenvalue weighted by Gasteiger charge is 2.41. The molecule has 110 valence electrons. The summed E-state index contributed by atoms with van der Waals surface area (Å²) in [6, 6.07) is 7.75. The van der Waals surface area contributed by atoms with Gasteiger partial charge >= 0.3 is 5.97 Å². The van der Waals surface area contributed by atoms with Crippen molar-refractivity contribution in [3.63, 3.8) is 0 Å². The van der Waals surface area contributed by atoms with Gasteiger partial charge in [-0.25, -0.2) is 0 Å². The number of carbonyl (C=O) groups is 1. The lowest BCUT2D eigenvalue weighted by Gasteiger charge is -2.31. The SMILES string of the molecule is COc1ccc([C@@H]2CN(C(C)(C)C)C[C@H]2C(=O)O)cc1. The van der Waals surface area contributed by atoms with Crippen LogP contribution in [0.4, 0.5) is 0 Å². The molecule has 2 rings (SSSR count). The molecule has 0 amide bonds. The van der Waals surface area contributed by atoms with Crippen LogP contribution in [0.3, 0.4) is 0 Å². The van der Waals surface area contributed by atoms with Gasteiger partial charge in [0.05, 0.1) is 13.0 Å². The van der Waals surface area contributed by atoms with Gasteiger partial charge in [-0.2, -0.15) is 0 Å². The van der Waals surface area contributed by atoms with E-state index in [1.54, 1.807) is 7.11 Å². The maximum absolute atomic E-state index is 11.5. The van der Waals surface area contributed by atoms with Crippen molar-refractivity contribution in [1.82, 2.24) is 4.90 Å². The number of hydrogen-bond acceptors (Lipinski definition) is 3. The van der Waals surface area contributed by atoms with Crippen molar-refractivity contribution in [2.45, 2.75) is 32.2 Å². The second-order valence-electron chi connectivity index (χ2n) is 6.40. The summed E-state index contributed by atoms with van der Waals surface area (Å²) in [5.41, 5.74) is 1.07. The number of carboxylic acids is 1. The van der Waals surface area contributed by atoms with E-state index in [1.165, 1.54) is 0 Å². The Morgan fingerprint density at radius 1 is 1.25 bits per heavy atom. The number of rotatable bonds is 3. The fourth-order valence-corrected chi connectivity index (χ4v) is 2.79. The van der Waals surface area contributed by atoms with E-state index in [4.69, 9.17) is 4.74 Å². The van der Waals surface area contributed by atoms with Crippen molar-refractivity contribution >= 4 is 5.97 Å². The Labute approximate surface area is 120 Å². The molecular formula is C16H23NO3. The number of benzene rings is 1. The number of likely N-dealkylation sites (tertiary alicyclic amines) is 1. The van der Waals surface area contributed by atoms with E-state index >= 15 is 0 Å². The summed E-state index contributed by atoms with van der Waals surface area (Å²) >= 11 is 0. The van der Waals surface area contributed by atoms with Gasteiger partial charge in [0.1, 0.15) is 5.75 Å². The lowest BCUT2D eigenvalue weighted by Crippen LogP contribution is -2.40. The van der Waals surface area contributed by atoms with Crippen LogP contribution in [0, 0.1) is 5.92 Å². The molecule has 0 radical (unpaired) electrons. The zero-order chi connectivity index (χ0) is 14.9. The molecule has 1 saturated heterocycles. The number of aliphatic carboxylic acids is 1. The van der Waals surface area contributed by atoms with Gasteiger partial charge in [0, 0.05) is 24.5 Å². The Hall–Kier alpha value is -1.55. The predicted molar refractivity (Wildman–Crippen MR) is 78.2 cm³/mol. The van der Waals surface area contributed by atoms with Crippen LogP contribution in [0.15, 0.2) is 24.3 Å². The monoisotopic (exact) mass is 277 g/mol. The van der Waals surface area contributed by atoms with Crippen molar-refractivity contribution in [2.24, 2.45) is 5.92 Å². The topological polar surface area (TPSA) is 49.8 Å². The number of carboxylic acid groups (broad SMARTS) is 1. The first-order valence-corrected chi connectivity index (χ1v) is 6.94. The van der Waals surface area contributed by atoms with E-state index in [0.717, 1.165) is 17.9 Å². The fraction of sp³-hybridized carbons (Fsp3) is 0.562. The Bertz CT molecular complexity index is 475. The van der Waals surface area contributed by atoms with Gasteiger partial charge in [0.25, 0.3) is 0 Å². The first kappa shape index (κ1) is 14.9. The van der Waals surface area contributed by atoms with E-state index in [0.29, 0.717) is 6.54 Å². The van der Waals surface area contributed by atoms with E-state index in [9.17, 15) is 9.90 Å². The Kier molecular flexibility index (Phi) is 4.04. The van der Waals surface area contributed by atoms with Crippen LogP contribution in [0.1, 0.15) is 32.3 Å². The summed E-state index contributed by atoms with van der Waals surface area (Å²) in [4.78, 5) is 13.8. The van der Waals surface area contributed by atoms with Crippen LogP contribution < -0.4 is 4.74 Å². The normalized spacial score (nSPS) is 23.8. The second kappa shape index (κ2) is 5.44. The third-order valence-electron chi connectivity index (χ3n) is 4.13. The number of methoxy groups -OCH3 is 1. The number of ether oxygens (including phenoxy) is 1. The third-order valence-corrected chi connectivity index (χ3v) is 4.13. The van der Waals surface area contributed by atoms with Gasteiger partial charge in [0.2, 0.25) is 0 Å².